The van der Waals surface area contributed by atoms with E-state index < -0.39 is 41.4 Å². The fraction of sp³-hybridized carbons (Fsp3) is 0.786. The normalized spacial score (nSPS) is 15.4. The Morgan fingerprint density at radius 1 is 1.29 bits per heavy atom. The Kier molecular flexibility index (Phi) is 8.64. The Morgan fingerprint density at radius 3 is 2.29 bits per heavy atom. The fourth-order valence-electron chi connectivity index (χ4n) is 2.25. The predicted molar refractivity (Wildman–Crippen MR) is 89.1 cm³/mol. The largest absolute Gasteiger partial charge is 0.456 e. The molecule has 7 heteroatoms. The van der Waals surface area contributed by atoms with Crippen molar-refractivity contribution in [1.82, 2.24) is 0 Å². The maximum Gasteiger partial charge on any atom is 0.330 e. The highest BCUT2D eigenvalue weighted by Gasteiger charge is 2.30. The van der Waals surface area contributed by atoms with Gasteiger partial charge >= 0.3 is 5.97 Å². The van der Waals surface area contributed by atoms with Crippen LogP contribution in [0.2, 0.25) is 38.8 Å². The molecule has 0 aliphatic rings. The van der Waals surface area contributed by atoms with Gasteiger partial charge in [-0.25, -0.2) is 4.79 Å². The molecule has 2 N–H and O–H groups in total. The van der Waals surface area contributed by atoms with Crippen molar-refractivity contribution in [1.29, 1.82) is 0 Å². The highest BCUT2D eigenvalue weighted by Crippen LogP contribution is 2.22. The molecule has 0 aromatic heterocycles. The molecule has 5 nitrogen and oxygen atoms in total. The summed E-state index contributed by atoms with van der Waals surface area (Å²) in [6.45, 7) is 13.8. The molecule has 0 heterocycles. The van der Waals surface area contributed by atoms with E-state index in [0.29, 0.717) is 6.42 Å². The van der Waals surface area contributed by atoms with Crippen molar-refractivity contribution in [3.8, 4) is 0 Å². The number of aliphatic hydroxyl groups excluding tert-OH is 2. The number of aliphatic hydroxyl groups is 2. The Morgan fingerprint density at radius 2 is 1.86 bits per heavy atom. The Balaban J connectivity index is 4.42. The maximum atomic E-state index is 11.2. The third-order valence-electron chi connectivity index (χ3n) is 2.90. The van der Waals surface area contributed by atoms with E-state index in [1.54, 1.807) is 0 Å². The second-order valence-electron chi connectivity index (χ2n) is 6.80. The number of ether oxygens (including phenoxy) is 1. The summed E-state index contributed by atoms with van der Waals surface area (Å²) in [4.78, 5) is 11.2. The first-order valence-corrected chi connectivity index (χ1v) is 13.9. The Hall–Kier alpha value is -0.476. The summed E-state index contributed by atoms with van der Waals surface area (Å²) in [5, 5.41) is 18.7. The topological polar surface area (TPSA) is 76.0 Å². The molecule has 2 unspecified atom stereocenters. The van der Waals surface area contributed by atoms with E-state index in [4.69, 9.17) is 14.0 Å². The zero-order chi connectivity index (χ0) is 16.7. The number of carbonyl (C=O) groups is 1. The van der Waals surface area contributed by atoms with Gasteiger partial charge in [0, 0.05) is 6.08 Å². The Labute approximate surface area is 130 Å². The lowest BCUT2D eigenvalue weighted by Gasteiger charge is -2.32. The van der Waals surface area contributed by atoms with E-state index in [2.05, 4.69) is 39.3 Å². The molecule has 0 radical (unpaired) electrons. The van der Waals surface area contributed by atoms with Crippen LogP contribution in [0.1, 0.15) is 12.8 Å². The minimum atomic E-state index is -1.74. The van der Waals surface area contributed by atoms with E-state index in [-0.39, 0.29) is 0 Å². The number of esters is 1. The molecular weight excluding hydrogens is 304 g/mol. The van der Waals surface area contributed by atoms with Crippen molar-refractivity contribution >= 4 is 22.6 Å². The quantitative estimate of drug-likeness (QED) is 0.364. The van der Waals surface area contributed by atoms with Crippen LogP contribution in [-0.4, -0.2) is 51.6 Å². The average Bonchev–Trinajstić information content (AvgIpc) is 2.33. The zero-order valence-electron chi connectivity index (χ0n) is 13.9. The molecule has 0 saturated heterocycles. The lowest BCUT2D eigenvalue weighted by molar-refractivity contribution is -0.151. The standard InChI is InChI=1S/C14H30O5Si2/c1-7-14(17)18-13(12(16)11-15)9-8-10-21(5,6)19-20(2,3)4/h7,12-13,15-16H,1,8-11H2,2-6H3. The fourth-order valence-corrected chi connectivity index (χ4v) is 10.3. The summed E-state index contributed by atoms with van der Waals surface area (Å²) in [7, 11) is -3.30. The molecule has 2 atom stereocenters. The molecular formula is C14H30O5Si2. The van der Waals surface area contributed by atoms with Gasteiger partial charge in [-0.2, -0.15) is 0 Å². The van der Waals surface area contributed by atoms with E-state index in [1.165, 1.54) is 0 Å². The van der Waals surface area contributed by atoms with Gasteiger partial charge in [-0.1, -0.05) is 6.58 Å². The van der Waals surface area contributed by atoms with Crippen molar-refractivity contribution in [3.05, 3.63) is 12.7 Å². The van der Waals surface area contributed by atoms with Crippen LogP contribution in [0.15, 0.2) is 12.7 Å². The molecule has 124 valence electrons. The molecule has 0 amide bonds. The lowest BCUT2D eigenvalue weighted by atomic mass is 10.1. The SMILES string of the molecule is C=CC(=O)OC(CCC[Si](C)(C)O[Si](C)(C)C)C(O)CO. The van der Waals surface area contributed by atoms with Crippen LogP contribution >= 0.6 is 0 Å². The number of hydrogen-bond donors (Lipinski definition) is 2. The first-order chi connectivity index (χ1) is 9.50. The third kappa shape index (κ3) is 9.97. The van der Waals surface area contributed by atoms with Gasteiger partial charge in [-0.3, -0.25) is 0 Å². The van der Waals surface area contributed by atoms with Crippen molar-refractivity contribution in [2.75, 3.05) is 6.61 Å². The van der Waals surface area contributed by atoms with Crippen molar-refractivity contribution in [2.24, 2.45) is 0 Å². The van der Waals surface area contributed by atoms with Crippen LogP contribution in [0.25, 0.3) is 0 Å². The van der Waals surface area contributed by atoms with Crippen LogP contribution < -0.4 is 0 Å². The Bertz CT molecular complexity index is 339. The second kappa shape index (κ2) is 8.84. The highest BCUT2D eigenvalue weighted by atomic mass is 28.4. The van der Waals surface area contributed by atoms with Gasteiger partial charge in [0.05, 0.1) is 6.61 Å². The van der Waals surface area contributed by atoms with Crippen LogP contribution in [0.3, 0.4) is 0 Å². The summed E-state index contributed by atoms with van der Waals surface area (Å²) in [6, 6.07) is 0.928. The van der Waals surface area contributed by atoms with Gasteiger partial charge in [-0.15, -0.1) is 0 Å². The molecule has 0 spiro atoms. The van der Waals surface area contributed by atoms with Crippen molar-refractivity contribution < 1.29 is 23.9 Å². The molecule has 0 fully saturated rings. The van der Waals surface area contributed by atoms with E-state index in [9.17, 15) is 9.90 Å². The third-order valence-corrected chi connectivity index (χ3v) is 9.12. The van der Waals surface area contributed by atoms with E-state index >= 15 is 0 Å². The zero-order valence-corrected chi connectivity index (χ0v) is 15.9. The number of carbonyl (C=O) groups excluding carboxylic acids is 1. The van der Waals surface area contributed by atoms with Crippen LogP contribution in [-0.2, 0) is 13.6 Å². The van der Waals surface area contributed by atoms with Gasteiger partial charge in [0.15, 0.2) is 16.6 Å². The van der Waals surface area contributed by atoms with Gasteiger partial charge < -0.3 is 19.1 Å². The first kappa shape index (κ1) is 20.5. The number of hydrogen-bond acceptors (Lipinski definition) is 5. The minimum absolute atomic E-state index is 0.429. The summed E-state index contributed by atoms with van der Waals surface area (Å²) >= 11 is 0. The van der Waals surface area contributed by atoms with E-state index in [0.717, 1.165) is 18.5 Å². The molecule has 0 bridgehead atoms. The van der Waals surface area contributed by atoms with E-state index in [1.807, 2.05) is 0 Å². The molecule has 0 aromatic carbocycles. The number of rotatable bonds is 10. The van der Waals surface area contributed by atoms with Gasteiger partial charge in [0.2, 0.25) is 0 Å². The molecule has 21 heavy (non-hydrogen) atoms. The van der Waals surface area contributed by atoms with Crippen LogP contribution in [0.5, 0.6) is 0 Å². The summed E-state index contributed by atoms with van der Waals surface area (Å²) < 4.78 is 11.3. The summed E-state index contributed by atoms with van der Waals surface area (Å²) in [5.41, 5.74) is 0. The minimum Gasteiger partial charge on any atom is -0.456 e. The average molecular weight is 335 g/mol. The molecule has 0 aliphatic heterocycles. The maximum absolute atomic E-state index is 11.2. The van der Waals surface area contributed by atoms with Crippen LogP contribution in [0.4, 0.5) is 0 Å². The molecule has 0 aromatic rings. The van der Waals surface area contributed by atoms with Crippen molar-refractivity contribution in [3.63, 3.8) is 0 Å². The van der Waals surface area contributed by atoms with Gasteiger partial charge in [0.1, 0.15) is 12.2 Å². The summed E-state index contributed by atoms with van der Waals surface area (Å²) in [6.07, 6.45) is 0.598. The first-order valence-electron chi connectivity index (χ1n) is 7.33. The van der Waals surface area contributed by atoms with Gasteiger partial charge in [-0.05, 0) is 51.6 Å². The highest BCUT2D eigenvalue weighted by molar-refractivity contribution is 6.84. The van der Waals surface area contributed by atoms with Gasteiger partial charge in [0.25, 0.3) is 0 Å². The summed E-state index contributed by atoms with van der Waals surface area (Å²) in [5.74, 6) is -0.581. The molecule has 0 aliphatic carbocycles. The van der Waals surface area contributed by atoms with Crippen LogP contribution in [0, 0.1) is 0 Å². The smallest absolute Gasteiger partial charge is 0.330 e. The molecule has 0 rings (SSSR count). The predicted octanol–water partition coefficient (Wildman–Crippen LogP) is 2.27. The lowest BCUT2D eigenvalue weighted by Crippen LogP contribution is -2.42. The monoisotopic (exact) mass is 334 g/mol. The second-order valence-corrected chi connectivity index (χ2v) is 15.9. The van der Waals surface area contributed by atoms with Crippen molar-refractivity contribution in [2.45, 2.75) is 63.8 Å². The molecule has 0 saturated carbocycles.